The lowest BCUT2D eigenvalue weighted by Crippen LogP contribution is -2.61. The topological polar surface area (TPSA) is 35.6 Å². The quantitative estimate of drug-likeness (QED) is 0.725. The highest BCUT2D eigenvalue weighted by Gasteiger charge is 2.37. The summed E-state index contributed by atoms with van der Waals surface area (Å²) < 4.78 is 0. The maximum Gasteiger partial charge on any atom is 0.227 e. The summed E-state index contributed by atoms with van der Waals surface area (Å²) in [7, 11) is 2.11. The molecular formula is C13H25N3O. The van der Waals surface area contributed by atoms with Crippen molar-refractivity contribution in [2.45, 2.75) is 32.2 Å². The molecule has 0 spiro atoms. The molecule has 0 aromatic carbocycles. The van der Waals surface area contributed by atoms with Crippen molar-refractivity contribution in [1.82, 2.24) is 15.1 Å². The Balaban J connectivity index is 2.02. The average molecular weight is 239 g/mol. The Morgan fingerprint density at radius 3 is 2.76 bits per heavy atom. The van der Waals surface area contributed by atoms with E-state index in [1.165, 1.54) is 0 Å². The Morgan fingerprint density at radius 2 is 2.12 bits per heavy atom. The Morgan fingerprint density at radius 1 is 1.35 bits per heavy atom. The summed E-state index contributed by atoms with van der Waals surface area (Å²) in [6, 6.07) is 0. The number of hydrogen-bond donors (Lipinski definition) is 1. The van der Waals surface area contributed by atoms with Crippen molar-refractivity contribution in [3.05, 3.63) is 0 Å². The molecule has 0 aromatic rings. The molecule has 17 heavy (non-hydrogen) atoms. The van der Waals surface area contributed by atoms with Gasteiger partial charge >= 0.3 is 0 Å². The van der Waals surface area contributed by atoms with Crippen molar-refractivity contribution < 1.29 is 4.79 Å². The average Bonchev–Trinajstić information content (AvgIpc) is 2.27. The van der Waals surface area contributed by atoms with Crippen molar-refractivity contribution in [3.63, 3.8) is 0 Å². The minimum Gasteiger partial charge on any atom is -0.335 e. The molecule has 1 amide bonds. The molecule has 2 saturated heterocycles. The van der Waals surface area contributed by atoms with Crippen molar-refractivity contribution in [2.24, 2.45) is 5.92 Å². The van der Waals surface area contributed by atoms with Crippen LogP contribution in [0.15, 0.2) is 0 Å². The minimum atomic E-state index is -0.0364. The molecule has 2 aliphatic rings. The van der Waals surface area contributed by atoms with Gasteiger partial charge < -0.3 is 15.1 Å². The number of carbonyl (C=O) groups excluding carboxylic acids is 1. The van der Waals surface area contributed by atoms with Crippen LogP contribution >= 0.6 is 0 Å². The van der Waals surface area contributed by atoms with Gasteiger partial charge in [0.05, 0.1) is 5.92 Å². The molecule has 0 bridgehead atoms. The molecule has 1 atom stereocenters. The largest absolute Gasteiger partial charge is 0.335 e. The first-order chi connectivity index (χ1) is 8.00. The van der Waals surface area contributed by atoms with E-state index in [0.717, 1.165) is 45.6 Å². The van der Waals surface area contributed by atoms with Crippen LogP contribution in [0, 0.1) is 5.92 Å². The smallest absolute Gasteiger partial charge is 0.227 e. The fourth-order valence-corrected chi connectivity index (χ4v) is 2.98. The fourth-order valence-electron chi connectivity index (χ4n) is 2.98. The van der Waals surface area contributed by atoms with E-state index in [9.17, 15) is 4.79 Å². The van der Waals surface area contributed by atoms with Gasteiger partial charge in [0.25, 0.3) is 0 Å². The van der Waals surface area contributed by atoms with Crippen LogP contribution in [0.25, 0.3) is 0 Å². The zero-order valence-corrected chi connectivity index (χ0v) is 11.3. The first-order valence-corrected chi connectivity index (χ1v) is 6.71. The predicted octanol–water partition coefficient (Wildman–Crippen LogP) is 0.539. The highest BCUT2D eigenvalue weighted by molar-refractivity contribution is 5.80. The van der Waals surface area contributed by atoms with Gasteiger partial charge in [-0.25, -0.2) is 0 Å². The number of piperidine rings is 1. The molecule has 1 N–H and O–H groups in total. The molecule has 98 valence electrons. The number of nitrogens with one attached hydrogen (secondary N) is 1. The lowest BCUT2D eigenvalue weighted by molar-refractivity contribution is -0.143. The summed E-state index contributed by atoms with van der Waals surface area (Å²) in [4.78, 5) is 17.0. The van der Waals surface area contributed by atoms with Crippen LogP contribution in [0.3, 0.4) is 0 Å². The Kier molecular flexibility index (Phi) is 3.73. The molecule has 2 fully saturated rings. The van der Waals surface area contributed by atoms with Crippen molar-refractivity contribution in [2.75, 3.05) is 39.8 Å². The normalized spacial score (nSPS) is 30.3. The second-order valence-corrected chi connectivity index (χ2v) is 6.08. The third kappa shape index (κ3) is 2.80. The molecule has 4 heteroatoms. The van der Waals surface area contributed by atoms with Crippen LogP contribution in [0.5, 0.6) is 0 Å². The number of hydrogen-bond acceptors (Lipinski definition) is 3. The fraction of sp³-hybridized carbons (Fsp3) is 0.923. The predicted molar refractivity (Wildman–Crippen MR) is 68.9 cm³/mol. The first kappa shape index (κ1) is 12.8. The van der Waals surface area contributed by atoms with E-state index in [0.29, 0.717) is 5.91 Å². The van der Waals surface area contributed by atoms with Gasteiger partial charge in [-0.15, -0.1) is 0 Å². The van der Waals surface area contributed by atoms with Crippen LogP contribution < -0.4 is 5.32 Å². The maximum atomic E-state index is 12.6. The summed E-state index contributed by atoms with van der Waals surface area (Å²) in [5, 5.41) is 3.37. The lowest BCUT2D eigenvalue weighted by Gasteiger charge is -2.45. The Hall–Kier alpha value is -0.610. The van der Waals surface area contributed by atoms with E-state index in [2.05, 4.69) is 36.0 Å². The zero-order valence-electron chi connectivity index (χ0n) is 11.3. The van der Waals surface area contributed by atoms with Crippen LogP contribution in [0.4, 0.5) is 0 Å². The molecule has 0 aliphatic carbocycles. The second-order valence-electron chi connectivity index (χ2n) is 6.08. The van der Waals surface area contributed by atoms with Gasteiger partial charge in [-0.1, -0.05) is 0 Å². The summed E-state index contributed by atoms with van der Waals surface area (Å²) in [5.74, 6) is 0.578. The monoisotopic (exact) mass is 239 g/mol. The molecule has 2 aliphatic heterocycles. The zero-order chi connectivity index (χ0) is 12.5. The van der Waals surface area contributed by atoms with Crippen LogP contribution in [0.2, 0.25) is 0 Å². The van der Waals surface area contributed by atoms with Gasteiger partial charge in [0.1, 0.15) is 0 Å². The van der Waals surface area contributed by atoms with E-state index < -0.39 is 0 Å². The second kappa shape index (κ2) is 4.94. The highest BCUT2D eigenvalue weighted by Crippen LogP contribution is 2.23. The van der Waals surface area contributed by atoms with Gasteiger partial charge in [0, 0.05) is 31.7 Å². The van der Waals surface area contributed by atoms with E-state index in [1.807, 2.05) is 0 Å². The molecule has 4 nitrogen and oxygen atoms in total. The van der Waals surface area contributed by atoms with Crippen LogP contribution in [-0.4, -0.2) is 61.0 Å². The number of piperazine rings is 1. The van der Waals surface area contributed by atoms with Gasteiger partial charge in [-0.3, -0.25) is 4.79 Å². The number of amides is 1. The molecule has 2 heterocycles. The Bertz CT molecular complexity index is 290. The highest BCUT2D eigenvalue weighted by atomic mass is 16.2. The van der Waals surface area contributed by atoms with Gasteiger partial charge in [0.15, 0.2) is 0 Å². The SMILES string of the molecule is CN1CCCC(C(=O)N2CCNCC2(C)C)C1. The summed E-state index contributed by atoms with van der Waals surface area (Å²) in [6.45, 7) is 9.06. The summed E-state index contributed by atoms with van der Waals surface area (Å²) >= 11 is 0. The van der Waals surface area contributed by atoms with Crippen molar-refractivity contribution in [1.29, 1.82) is 0 Å². The summed E-state index contributed by atoms with van der Waals surface area (Å²) in [6.07, 6.45) is 2.21. The van der Waals surface area contributed by atoms with Crippen LogP contribution in [-0.2, 0) is 4.79 Å². The van der Waals surface area contributed by atoms with Crippen molar-refractivity contribution in [3.8, 4) is 0 Å². The molecule has 2 rings (SSSR count). The Labute approximate surface area is 104 Å². The third-order valence-electron chi connectivity index (χ3n) is 4.04. The molecule has 0 saturated carbocycles. The third-order valence-corrected chi connectivity index (χ3v) is 4.04. The maximum absolute atomic E-state index is 12.6. The van der Waals surface area contributed by atoms with Gasteiger partial charge in [-0.05, 0) is 40.3 Å². The molecule has 0 aromatic heterocycles. The van der Waals surface area contributed by atoms with Crippen LogP contribution in [0.1, 0.15) is 26.7 Å². The molecule has 0 radical (unpaired) electrons. The lowest BCUT2D eigenvalue weighted by atomic mass is 9.92. The summed E-state index contributed by atoms with van der Waals surface area (Å²) in [5.41, 5.74) is -0.0364. The van der Waals surface area contributed by atoms with Gasteiger partial charge in [0.2, 0.25) is 5.91 Å². The van der Waals surface area contributed by atoms with Gasteiger partial charge in [-0.2, -0.15) is 0 Å². The molecule has 1 unspecified atom stereocenters. The van der Waals surface area contributed by atoms with E-state index in [-0.39, 0.29) is 11.5 Å². The first-order valence-electron chi connectivity index (χ1n) is 6.71. The molecular weight excluding hydrogens is 214 g/mol. The van der Waals surface area contributed by atoms with E-state index in [4.69, 9.17) is 0 Å². The standard InChI is InChI=1S/C13H25N3O/c1-13(2)10-14-6-8-16(13)12(17)11-5-4-7-15(3)9-11/h11,14H,4-10H2,1-3H3. The van der Waals surface area contributed by atoms with Crippen molar-refractivity contribution >= 4 is 5.91 Å². The van der Waals surface area contributed by atoms with E-state index in [1.54, 1.807) is 0 Å². The number of rotatable bonds is 1. The number of likely N-dealkylation sites (tertiary alicyclic amines) is 1. The van der Waals surface area contributed by atoms with E-state index >= 15 is 0 Å². The number of nitrogens with zero attached hydrogens (tertiary/aromatic N) is 2. The number of carbonyl (C=O) groups is 1. The minimum absolute atomic E-state index is 0.0364.